The maximum Gasteiger partial charge on any atom is 0.104 e. The lowest BCUT2D eigenvalue weighted by Gasteiger charge is -2.57. The predicted octanol–water partition coefficient (Wildman–Crippen LogP) is 10.1. The van der Waals surface area contributed by atoms with Crippen LogP contribution in [0, 0.1) is 35.5 Å². The van der Waals surface area contributed by atoms with Crippen LogP contribution < -0.4 is 0 Å². The Morgan fingerprint density at radius 3 is 0.964 bits per heavy atom. The van der Waals surface area contributed by atoms with Gasteiger partial charge in [-0.1, -0.05) is 88.4 Å². The third kappa shape index (κ3) is 14.2. The van der Waals surface area contributed by atoms with Crippen LogP contribution in [0.15, 0.2) is 60.7 Å². The Kier molecular flexibility index (Phi) is 20.3. The second-order valence-electron chi connectivity index (χ2n) is 17.5. The minimum atomic E-state index is -0.481. The van der Waals surface area contributed by atoms with Gasteiger partial charge in [-0.15, -0.1) is 0 Å². The van der Waals surface area contributed by atoms with Gasteiger partial charge < -0.3 is 33.5 Å². The van der Waals surface area contributed by atoms with E-state index in [9.17, 15) is 0 Å². The Morgan fingerprint density at radius 2 is 0.768 bits per heavy atom. The number of methoxy groups -OCH3 is 4. The molecule has 0 aromatic heterocycles. The largest absolute Gasteiger partial charge is 0.388 e. The molecule has 2 aromatic rings. The van der Waals surface area contributed by atoms with Crippen LogP contribution in [-0.4, -0.2) is 91.5 Å². The Morgan fingerprint density at radius 1 is 0.500 bits per heavy atom. The molecule has 0 amide bonds. The van der Waals surface area contributed by atoms with Crippen molar-refractivity contribution < 1.29 is 33.5 Å². The van der Waals surface area contributed by atoms with E-state index in [1.54, 1.807) is 78.1 Å². The van der Waals surface area contributed by atoms with E-state index < -0.39 is 6.10 Å². The summed E-state index contributed by atoms with van der Waals surface area (Å²) in [4.78, 5) is 0. The molecule has 1 N–H and O–H groups in total. The molecule has 2 aromatic carbocycles. The van der Waals surface area contributed by atoms with Crippen molar-refractivity contribution in [1.29, 1.82) is 0 Å². The third-order valence-electron chi connectivity index (χ3n) is 13.1. The van der Waals surface area contributed by atoms with Gasteiger partial charge in [0.2, 0.25) is 0 Å². The Balaban J connectivity index is 0.000000162. The molecule has 12 rings (SSSR count). The monoisotopic (exact) mass is 781 g/mol. The minimum Gasteiger partial charge on any atom is -0.388 e. The Labute approximate surface area is 341 Å². The average Bonchev–Trinajstić information content (AvgIpc) is 4.16. The summed E-state index contributed by atoms with van der Waals surface area (Å²) in [5, 5.41) is 8.80. The van der Waals surface area contributed by atoms with Gasteiger partial charge in [0.15, 0.2) is 0 Å². The molecule has 8 bridgehead atoms. The quantitative estimate of drug-likeness (QED) is 0.241. The first-order valence-corrected chi connectivity index (χ1v) is 22.3. The molecule has 0 radical (unpaired) electrons. The summed E-state index contributed by atoms with van der Waals surface area (Å²) in [7, 11) is 6.45. The smallest absolute Gasteiger partial charge is 0.104 e. The van der Waals surface area contributed by atoms with Crippen LogP contribution in [0.5, 0.6) is 0 Å². The zero-order valence-electron chi connectivity index (χ0n) is 36.6. The van der Waals surface area contributed by atoms with Crippen molar-refractivity contribution in [2.24, 2.45) is 35.5 Å². The molecule has 56 heavy (non-hydrogen) atoms. The van der Waals surface area contributed by atoms with Crippen molar-refractivity contribution in [1.82, 2.24) is 0 Å². The number of benzene rings is 2. The van der Waals surface area contributed by atoms with Crippen LogP contribution >= 0.6 is 0 Å². The van der Waals surface area contributed by atoms with Gasteiger partial charge in [-0.2, -0.15) is 0 Å². The highest BCUT2D eigenvalue weighted by Gasteiger charge is 2.52. The summed E-state index contributed by atoms with van der Waals surface area (Å²) in [6.45, 7) is 12.0. The maximum absolute atomic E-state index is 8.80. The lowest BCUT2D eigenvalue weighted by molar-refractivity contribution is -0.00530. The molecule has 2 unspecified atom stereocenters. The van der Waals surface area contributed by atoms with E-state index >= 15 is 0 Å². The van der Waals surface area contributed by atoms with Crippen LogP contribution in [-0.2, 0) is 39.3 Å². The molecule has 2 saturated heterocycles. The average molecular weight is 781 g/mol. The van der Waals surface area contributed by atoms with Crippen molar-refractivity contribution >= 4 is 0 Å². The summed E-state index contributed by atoms with van der Waals surface area (Å²) in [6.07, 6.45) is 18.6. The fraction of sp³-hybridized carbons (Fsp3) is 0.755. The van der Waals surface area contributed by atoms with E-state index in [-0.39, 0.29) is 0 Å². The number of hydrogen-bond acceptors (Lipinski definition) is 7. The van der Waals surface area contributed by atoms with Crippen LogP contribution in [0.4, 0.5) is 0 Å². The van der Waals surface area contributed by atoms with Crippen molar-refractivity contribution in [2.45, 2.75) is 134 Å². The van der Waals surface area contributed by atoms with Crippen molar-refractivity contribution in [2.75, 3.05) is 68.1 Å². The molecular weight excluding hydrogens is 701 g/mol. The van der Waals surface area contributed by atoms with E-state index in [1.807, 2.05) is 27.7 Å². The molecule has 8 aliphatic carbocycles. The Hall–Kier alpha value is -1.84. The molecule has 318 valence electrons. The maximum atomic E-state index is 8.80. The van der Waals surface area contributed by atoms with E-state index in [0.29, 0.717) is 36.3 Å². The van der Waals surface area contributed by atoms with Crippen molar-refractivity contribution in [3.05, 3.63) is 71.8 Å². The van der Waals surface area contributed by atoms with Gasteiger partial charge in [-0.25, -0.2) is 0 Å². The molecule has 2 heterocycles. The molecule has 7 heteroatoms. The number of hydrogen-bond donors (Lipinski definition) is 1. The molecule has 7 nitrogen and oxygen atoms in total. The highest BCUT2D eigenvalue weighted by atomic mass is 16.6. The Bertz CT molecular complexity index is 1120. The van der Waals surface area contributed by atoms with Crippen LogP contribution in [0.1, 0.15) is 116 Å². The van der Waals surface area contributed by atoms with Crippen LogP contribution in [0.2, 0.25) is 0 Å². The highest BCUT2D eigenvalue weighted by Crippen LogP contribution is 2.61. The molecule has 2 aliphatic heterocycles. The van der Waals surface area contributed by atoms with E-state index in [2.05, 4.69) is 70.1 Å². The summed E-state index contributed by atoms with van der Waals surface area (Å²) >= 11 is 0. The first-order valence-electron chi connectivity index (χ1n) is 22.3. The van der Waals surface area contributed by atoms with Crippen molar-refractivity contribution in [3.8, 4) is 0 Å². The fourth-order valence-corrected chi connectivity index (χ4v) is 11.6. The third-order valence-corrected chi connectivity index (χ3v) is 13.1. The number of aliphatic hydroxyl groups is 1. The van der Waals surface area contributed by atoms with Gasteiger partial charge in [-0.05, 0) is 135 Å². The number of rotatable bonds is 10. The lowest BCUT2D eigenvalue weighted by atomic mass is 9.48. The zero-order valence-corrected chi connectivity index (χ0v) is 36.6. The normalized spacial score (nSPS) is 33.9. The summed E-state index contributed by atoms with van der Waals surface area (Å²) in [6, 6.07) is 22.8. The second-order valence-corrected chi connectivity index (χ2v) is 17.5. The first kappa shape index (κ1) is 46.8. The molecule has 10 aliphatic rings. The van der Waals surface area contributed by atoms with Gasteiger partial charge in [0, 0.05) is 28.4 Å². The van der Waals surface area contributed by atoms with Crippen LogP contribution in [0.3, 0.4) is 0 Å². The lowest BCUT2D eigenvalue weighted by Crippen LogP contribution is -2.48. The fourth-order valence-electron chi connectivity index (χ4n) is 11.6. The van der Waals surface area contributed by atoms with Gasteiger partial charge in [-0.3, -0.25) is 0 Å². The van der Waals surface area contributed by atoms with Gasteiger partial charge in [0.25, 0.3) is 0 Å². The van der Waals surface area contributed by atoms with Gasteiger partial charge >= 0.3 is 0 Å². The number of ether oxygens (including phenoxy) is 6. The highest BCUT2D eigenvalue weighted by molar-refractivity contribution is 5.30. The molecule has 8 saturated carbocycles. The minimum absolute atomic E-state index is 0.341. The first-order chi connectivity index (χ1) is 27.4. The van der Waals surface area contributed by atoms with Crippen LogP contribution in [0.25, 0.3) is 0 Å². The molecule has 0 spiro atoms. The summed E-state index contributed by atoms with van der Waals surface area (Å²) in [5.41, 5.74) is 4.48. The van der Waals surface area contributed by atoms with Crippen molar-refractivity contribution in [3.63, 3.8) is 0 Å². The summed E-state index contributed by atoms with van der Waals surface area (Å²) < 4.78 is 28.4. The zero-order chi connectivity index (χ0) is 40.4. The predicted molar refractivity (Wildman–Crippen MR) is 228 cm³/mol. The molecule has 2 atom stereocenters. The number of aliphatic hydroxyl groups excluding tert-OH is 1. The number of epoxide rings is 2. The molecule has 10 fully saturated rings. The van der Waals surface area contributed by atoms with E-state index in [1.165, 1.54) is 38.5 Å². The van der Waals surface area contributed by atoms with E-state index in [0.717, 1.165) is 61.9 Å². The molecular formula is C49H80O7. The topological polar surface area (TPSA) is 82.2 Å². The van der Waals surface area contributed by atoms with Gasteiger partial charge in [0.1, 0.15) is 18.3 Å². The van der Waals surface area contributed by atoms with Gasteiger partial charge in [0.05, 0.1) is 39.6 Å². The second kappa shape index (κ2) is 24.3. The SMILES string of the molecule is CC.CC.COCC(O)COC.COCC1CO1.COCC1CO1.c1ccc(C23CC4CC(CC(C4)C2)C3)cc1.c1ccc(C23CC4CC(CC(C4)C2)C3)cc1. The van der Waals surface area contributed by atoms with E-state index in [4.69, 9.17) is 24.1 Å². The standard InChI is InChI=1S/2C16H20.C5H12O3.2C4H8O2.2C2H6/c2*1-2-4-15(5-3-1)16-9-12-6-13(10-16)8-14(7-12)11-16;1-7-3-5(6)4-8-2;2*1-5-2-4-3-6-4;2*1-2/h2*1-5,12-14H,6-11H2;5-6H,3-4H2,1-2H3;2*4H,2-3H2,1H3;2*1-2H3. The summed E-state index contributed by atoms with van der Waals surface area (Å²) in [5.74, 6) is 6.37.